The van der Waals surface area contributed by atoms with Crippen LogP contribution in [0.15, 0.2) is 42.5 Å². The average molecular weight is 485 g/mol. The number of carbonyl (C=O) groups is 1. The van der Waals surface area contributed by atoms with Crippen molar-refractivity contribution in [1.82, 2.24) is 0 Å². The van der Waals surface area contributed by atoms with Crippen LogP contribution in [-0.2, 0) is 29.7 Å². The van der Waals surface area contributed by atoms with Gasteiger partial charge in [-0.3, -0.25) is 4.79 Å². The van der Waals surface area contributed by atoms with Gasteiger partial charge in [0.1, 0.15) is 29.5 Å². The molecule has 0 radical (unpaired) electrons. The van der Waals surface area contributed by atoms with Gasteiger partial charge in [0, 0.05) is 23.3 Å². The molecule has 0 aromatic heterocycles. The molecule has 3 aliphatic carbocycles. The largest absolute Gasteiger partial charge is 0.393 e. The second kappa shape index (κ2) is 6.42. The lowest BCUT2D eigenvalue weighted by Gasteiger charge is -2.60. The van der Waals surface area contributed by atoms with E-state index >= 15 is 0 Å². The molecule has 3 saturated carbocycles. The third kappa shape index (κ3) is 2.20. The van der Waals surface area contributed by atoms with E-state index in [-0.39, 0.29) is 5.92 Å². The number of fused-ring (bicyclic) bond motifs is 3. The highest BCUT2D eigenvalue weighted by Crippen LogP contribution is 2.74. The number of aliphatic hydroxyl groups excluding tert-OH is 2. The number of Topliss-reactive ketones (excluding diaryl/α,β-unsaturated/α-hetero) is 1. The monoisotopic (exact) mass is 484 g/mol. The molecule has 0 amide bonds. The van der Waals surface area contributed by atoms with Crippen molar-refractivity contribution in [2.45, 2.75) is 80.3 Å². The molecule has 3 bridgehead atoms. The van der Waals surface area contributed by atoms with E-state index in [1.807, 2.05) is 44.2 Å². The lowest BCUT2D eigenvalue weighted by atomic mass is 9.54. The summed E-state index contributed by atoms with van der Waals surface area (Å²) in [5.41, 5.74) is -4.14. The predicted octanol–water partition coefficient (Wildman–Crippen LogP) is 1.41. The van der Waals surface area contributed by atoms with Crippen molar-refractivity contribution in [2.24, 2.45) is 23.7 Å². The number of ether oxygens (including phenoxy) is 4. The molecule has 1 aromatic carbocycles. The van der Waals surface area contributed by atoms with Crippen molar-refractivity contribution in [3.05, 3.63) is 48.0 Å². The summed E-state index contributed by atoms with van der Waals surface area (Å²) in [6, 6.07) is 9.41. The number of ketones is 1. The first-order valence-electron chi connectivity index (χ1n) is 12.6. The summed E-state index contributed by atoms with van der Waals surface area (Å²) in [4.78, 5) is 13.5. The van der Waals surface area contributed by atoms with Crippen LogP contribution in [0.1, 0.15) is 39.2 Å². The van der Waals surface area contributed by atoms with Gasteiger partial charge in [0.05, 0.1) is 12.2 Å². The zero-order chi connectivity index (χ0) is 24.8. The van der Waals surface area contributed by atoms with Crippen LogP contribution in [0.5, 0.6) is 0 Å². The van der Waals surface area contributed by atoms with Crippen molar-refractivity contribution < 1.29 is 39.1 Å². The maximum Gasteiger partial charge on any atom is 0.313 e. The summed E-state index contributed by atoms with van der Waals surface area (Å²) in [6.45, 7) is 9.47. The van der Waals surface area contributed by atoms with Crippen molar-refractivity contribution in [3.63, 3.8) is 0 Å². The fraction of sp³-hybridized carbons (Fsp3) is 0.667. The van der Waals surface area contributed by atoms with Gasteiger partial charge in [-0.25, -0.2) is 0 Å². The molecule has 0 spiro atoms. The van der Waals surface area contributed by atoms with Crippen molar-refractivity contribution in [2.75, 3.05) is 6.61 Å². The molecule has 3 saturated heterocycles. The van der Waals surface area contributed by atoms with Gasteiger partial charge in [-0.1, -0.05) is 50.8 Å². The van der Waals surface area contributed by atoms with E-state index in [0.717, 1.165) is 5.57 Å². The number of rotatable bonds is 3. The second-order valence-corrected chi connectivity index (χ2v) is 11.8. The summed E-state index contributed by atoms with van der Waals surface area (Å²) in [5, 5.41) is 34.1. The Hall–Kier alpha value is -1.65. The number of aliphatic hydroxyl groups is 3. The fourth-order valence-electron chi connectivity index (χ4n) is 8.55. The lowest BCUT2D eigenvalue weighted by Crippen LogP contribution is -2.72. The highest BCUT2D eigenvalue weighted by Gasteiger charge is 2.89. The zero-order valence-electron chi connectivity index (χ0n) is 20.1. The Morgan fingerprint density at radius 1 is 1.14 bits per heavy atom. The Morgan fingerprint density at radius 2 is 1.86 bits per heavy atom. The number of epoxide rings is 1. The zero-order valence-corrected chi connectivity index (χ0v) is 20.1. The van der Waals surface area contributed by atoms with Gasteiger partial charge < -0.3 is 34.3 Å². The summed E-state index contributed by atoms with van der Waals surface area (Å²) in [5.74, 6) is -3.91. The molecule has 8 heteroatoms. The van der Waals surface area contributed by atoms with Gasteiger partial charge in [0.25, 0.3) is 0 Å². The molecule has 6 fully saturated rings. The van der Waals surface area contributed by atoms with E-state index < -0.39 is 76.8 Å². The molecular weight excluding hydrogens is 452 g/mol. The summed E-state index contributed by atoms with van der Waals surface area (Å²) in [6.07, 6.45) is -1.97. The topological polar surface area (TPSA) is 118 Å². The van der Waals surface area contributed by atoms with Gasteiger partial charge in [-0.2, -0.15) is 0 Å². The van der Waals surface area contributed by atoms with Crippen LogP contribution in [-0.4, -0.2) is 68.4 Å². The molecule has 12 atom stereocenters. The van der Waals surface area contributed by atoms with Crippen LogP contribution in [0.25, 0.3) is 0 Å². The second-order valence-electron chi connectivity index (χ2n) is 11.8. The molecule has 3 unspecified atom stereocenters. The Kier molecular flexibility index (Phi) is 4.14. The number of benzene rings is 1. The number of hydrogen-bond donors (Lipinski definition) is 3. The van der Waals surface area contributed by atoms with Crippen LogP contribution in [0.3, 0.4) is 0 Å². The van der Waals surface area contributed by atoms with E-state index in [1.165, 1.54) is 0 Å². The van der Waals surface area contributed by atoms with Crippen LogP contribution < -0.4 is 0 Å². The molecule has 188 valence electrons. The van der Waals surface area contributed by atoms with Crippen molar-refractivity contribution in [1.29, 1.82) is 0 Å². The van der Waals surface area contributed by atoms with Gasteiger partial charge >= 0.3 is 5.97 Å². The maximum atomic E-state index is 13.5. The van der Waals surface area contributed by atoms with Crippen LogP contribution in [0.4, 0.5) is 0 Å². The minimum absolute atomic E-state index is 0.199. The summed E-state index contributed by atoms with van der Waals surface area (Å²) >= 11 is 0. The van der Waals surface area contributed by atoms with E-state index in [1.54, 1.807) is 6.92 Å². The van der Waals surface area contributed by atoms with Crippen molar-refractivity contribution >= 4 is 5.78 Å². The molecule has 7 rings (SSSR count). The average Bonchev–Trinajstić information content (AvgIpc) is 3.48. The van der Waals surface area contributed by atoms with Gasteiger partial charge in [-0.05, 0) is 31.3 Å². The SMILES string of the molecule is C=C(C)[C@]12C[C@@H](C)C34O[C@](c5ccccc5)(O[C@@H]1C3[C@@H]1O[C@]1(CO)[C@@H](O)[C@]1(O)C(=O)[C@@H](C)CC41)O2. The molecule has 35 heavy (non-hydrogen) atoms. The van der Waals surface area contributed by atoms with E-state index in [0.29, 0.717) is 18.4 Å². The molecule has 1 aromatic rings. The predicted molar refractivity (Wildman–Crippen MR) is 121 cm³/mol. The third-order valence-electron chi connectivity index (χ3n) is 10.2. The number of hydrogen-bond acceptors (Lipinski definition) is 8. The Balaban J connectivity index is 1.52. The molecule has 6 aliphatic rings. The highest BCUT2D eigenvalue weighted by atomic mass is 16.9. The summed E-state index contributed by atoms with van der Waals surface area (Å²) < 4.78 is 26.6. The van der Waals surface area contributed by atoms with Crippen molar-refractivity contribution in [3.8, 4) is 0 Å². The Labute approximate surface area is 203 Å². The first-order chi connectivity index (χ1) is 16.5. The lowest BCUT2D eigenvalue weighted by molar-refractivity contribution is -0.442. The highest BCUT2D eigenvalue weighted by molar-refractivity contribution is 5.93. The van der Waals surface area contributed by atoms with Crippen LogP contribution >= 0.6 is 0 Å². The number of carbonyl (C=O) groups excluding carboxylic acids is 1. The Bertz CT molecular complexity index is 1140. The summed E-state index contributed by atoms with van der Waals surface area (Å²) in [7, 11) is 0. The maximum absolute atomic E-state index is 13.5. The van der Waals surface area contributed by atoms with Gasteiger partial charge in [0.15, 0.2) is 11.4 Å². The third-order valence-corrected chi connectivity index (χ3v) is 10.2. The van der Waals surface area contributed by atoms with Crippen LogP contribution in [0, 0.1) is 23.7 Å². The van der Waals surface area contributed by atoms with Crippen LogP contribution in [0.2, 0.25) is 0 Å². The normalized spacial score (nSPS) is 57.3. The molecular formula is C27H32O8. The standard InChI is InChI=1S/C27H32O8/c1-13(2)23-11-15(4)26-17-10-14(3)19(29)25(17,31)22(30)24(12-28)21(32-24)18(26)20(23)33-27(34-23,35-26)16-8-6-5-7-9-16/h5-9,14-15,17-18,20-22,28,30-31H,1,10-12H2,2-4H3/t14-,15+,17?,18?,20+,21-,22+,23+,24-,25+,26?,27+/m0/s1. The van der Waals surface area contributed by atoms with E-state index in [4.69, 9.17) is 18.9 Å². The smallest absolute Gasteiger partial charge is 0.313 e. The molecule has 3 N–H and O–H groups in total. The molecule has 8 nitrogen and oxygen atoms in total. The quantitative estimate of drug-likeness (QED) is 0.436. The first kappa shape index (κ1) is 22.5. The van der Waals surface area contributed by atoms with Gasteiger partial charge in [0.2, 0.25) is 0 Å². The fourth-order valence-corrected chi connectivity index (χ4v) is 8.55. The minimum atomic E-state index is -2.13. The molecule has 3 heterocycles. The van der Waals surface area contributed by atoms with E-state index in [2.05, 4.69) is 6.58 Å². The minimum Gasteiger partial charge on any atom is -0.393 e. The molecule has 3 aliphatic heterocycles. The van der Waals surface area contributed by atoms with Gasteiger partial charge in [-0.15, -0.1) is 0 Å². The first-order valence-corrected chi connectivity index (χ1v) is 12.6. The van der Waals surface area contributed by atoms with E-state index in [9.17, 15) is 20.1 Å². The Morgan fingerprint density at radius 3 is 2.51 bits per heavy atom.